The van der Waals surface area contributed by atoms with Crippen LogP contribution in [0.15, 0.2) is 91.0 Å². The molecule has 4 heteroatoms. The Bertz CT molecular complexity index is 883. The zero-order chi connectivity index (χ0) is 20.8. The van der Waals surface area contributed by atoms with Crippen LogP contribution in [-0.2, 0) is 4.79 Å². The SMILES string of the molecule is CN(C(=O)CN1CCN(c2ccccc2)CC1)C(c1ccccc1)c1ccccc1. The van der Waals surface area contributed by atoms with Crippen LogP contribution in [0.25, 0.3) is 0 Å². The predicted molar refractivity (Wildman–Crippen MR) is 123 cm³/mol. The van der Waals surface area contributed by atoms with Gasteiger partial charge in [-0.15, -0.1) is 0 Å². The molecule has 1 amide bonds. The molecular formula is C26H29N3O. The molecule has 0 aliphatic carbocycles. The summed E-state index contributed by atoms with van der Waals surface area (Å²) in [6, 6.07) is 31.0. The monoisotopic (exact) mass is 399 g/mol. The van der Waals surface area contributed by atoms with E-state index in [1.165, 1.54) is 5.69 Å². The van der Waals surface area contributed by atoms with Crippen LogP contribution in [0.2, 0.25) is 0 Å². The highest BCUT2D eigenvalue weighted by Gasteiger charge is 2.26. The van der Waals surface area contributed by atoms with Crippen molar-refractivity contribution < 1.29 is 4.79 Å². The van der Waals surface area contributed by atoms with Crippen molar-refractivity contribution in [3.05, 3.63) is 102 Å². The van der Waals surface area contributed by atoms with Gasteiger partial charge < -0.3 is 9.80 Å². The molecule has 0 bridgehead atoms. The number of para-hydroxylation sites is 1. The van der Waals surface area contributed by atoms with E-state index in [1.54, 1.807) is 0 Å². The van der Waals surface area contributed by atoms with E-state index < -0.39 is 0 Å². The topological polar surface area (TPSA) is 26.8 Å². The van der Waals surface area contributed by atoms with E-state index in [1.807, 2.05) is 54.4 Å². The van der Waals surface area contributed by atoms with Crippen LogP contribution in [0.5, 0.6) is 0 Å². The van der Waals surface area contributed by atoms with E-state index in [2.05, 4.69) is 58.3 Å². The average Bonchev–Trinajstić information content (AvgIpc) is 2.82. The average molecular weight is 400 g/mol. The van der Waals surface area contributed by atoms with Crippen molar-refractivity contribution in [2.75, 3.05) is 44.7 Å². The minimum absolute atomic E-state index is 0.0782. The lowest BCUT2D eigenvalue weighted by atomic mass is 9.97. The third-order valence-corrected chi connectivity index (χ3v) is 5.86. The third-order valence-electron chi connectivity index (χ3n) is 5.86. The molecular weight excluding hydrogens is 370 g/mol. The molecule has 1 saturated heterocycles. The maximum atomic E-state index is 13.2. The third kappa shape index (κ3) is 4.71. The molecule has 154 valence electrons. The molecule has 3 aromatic rings. The molecule has 0 spiro atoms. The molecule has 0 unspecified atom stereocenters. The summed E-state index contributed by atoms with van der Waals surface area (Å²) in [7, 11) is 1.92. The van der Waals surface area contributed by atoms with Gasteiger partial charge in [-0.05, 0) is 23.3 Å². The number of carbonyl (C=O) groups is 1. The molecule has 4 nitrogen and oxygen atoms in total. The van der Waals surface area contributed by atoms with Crippen LogP contribution in [0.3, 0.4) is 0 Å². The maximum Gasteiger partial charge on any atom is 0.237 e. The second-order valence-corrected chi connectivity index (χ2v) is 7.83. The number of benzene rings is 3. The Morgan fingerprint density at radius 3 is 1.73 bits per heavy atom. The van der Waals surface area contributed by atoms with E-state index in [4.69, 9.17) is 0 Å². The molecule has 0 atom stereocenters. The lowest BCUT2D eigenvalue weighted by Crippen LogP contribution is -2.50. The summed E-state index contributed by atoms with van der Waals surface area (Å²) in [4.78, 5) is 19.8. The van der Waals surface area contributed by atoms with Crippen molar-refractivity contribution >= 4 is 11.6 Å². The zero-order valence-corrected chi connectivity index (χ0v) is 17.5. The fourth-order valence-electron chi connectivity index (χ4n) is 4.16. The first-order chi connectivity index (χ1) is 14.7. The first kappa shape index (κ1) is 20.2. The fourth-order valence-corrected chi connectivity index (χ4v) is 4.16. The van der Waals surface area contributed by atoms with Crippen molar-refractivity contribution in [2.45, 2.75) is 6.04 Å². The lowest BCUT2D eigenvalue weighted by molar-refractivity contribution is -0.132. The molecule has 1 heterocycles. The molecule has 1 fully saturated rings. The Labute approximate surface area is 179 Å². The number of carbonyl (C=O) groups excluding carboxylic acids is 1. The highest BCUT2D eigenvalue weighted by molar-refractivity contribution is 5.79. The van der Waals surface area contributed by atoms with Gasteiger partial charge in [0.2, 0.25) is 5.91 Å². The van der Waals surface area contributed by atoms with E-state index in [0.717, 1.165) is 37.3 Å². The van der Waals surface area contributed by atoms with Crippen LogP contribution in [0.1, 0.15) is 17.2 Å². The molecule has 0 aromatic heterocycles. The Balaban J connectivity index is 1.42. The molecule has 0 radical (unpaired) electrons. The summed E-state index contributed by atoms with van der Waals surface area (Å²) in [5.74, 6) is 0.154. The van der Waals surface area contributed by atoms with Gasteiger partial charge in [0.25, 0.3) is 0 Å². The van der Waals surface area contributed by atoms with E-state index in [0.29, 0.717) is 6.54 Å². The summed E-state index contributed by atoms with van der Waals surface area (Å²) >= 11 is 0. The van der Waals surface area contributed by atoms with Crippen molar-refractivity contribution in [3.8, 4) is 0 Å². The Morgan fingerprint density at radius 2 is 1.23 bits per heavy atom. The highest BCUT2D eigenvalue weighted by atomic mass is 16.2. The van der Waals surface area contributed by atoms with Gasteiger partial charge in [0.1, 0.15) is 0 Å². The number of piperazine rings is 1. The second-order valence-electron chi connectivity index (χ2n) is 7.83. The quantitative estimate of drug-likeness (QED) is 0.626. The summed E-state index contributed by atoms with van der Waals surface area (Å²) in [5, 5.41) is 0. The van der Waals surface area contributed by atoms with Gasteiger partial charge in [0.05, 0.1) is 12.6 Å². The molecule has 4 rings (SSSR count). The minimum atomic E-state index is -0.0782. The maximum absolute atomic E-state index is 13.2. The van der Waals surface area contributed by atoms with E-state index in [9.17, 15) is 4.79 Å². The molecule has 30 heavy (non-hydrogen) atoms. The number of rotatable bonds is 6. The summed E-state index contributed by atoms with van der Waals surface area (Å²) in [6.45, 7) is 4.14. The number of hydrogen-bond acceptors (Lipinski definition) is 3. The van der Waals surface area contributed by atoms with Gasteiger partial charge in [0, 0.05) is 38.9 Å². The van der Waals surface area contributed by atoms with E-state index >= 15 is 0 Å². The van der Waals surface area contributed by atoms with Crippen molar-refractivity contribution in [3.63, 3.8) is 0 Å². The van der Waals surface area contributed by atoms with Gasteiger partial charge in [-0.2, -0.15) is 0 Å². The van der Waals surface area contributed by atoms with Crippen molar-refractivity contribution in [1.29, 1.82) is 0 Å². The summed E-state index contributed by atoms with van der Waals surface area (Å²) in [6.07, 6.45) is 0. The number of hydrogen-bond donors (Lipinski definition) is 0. The molecule has 3 aromatic carbocycles. The first-order valence-electron chi connectivity index (χ1n) is 10.6. The van der Waals surface area contributed by atoms with Crippen molar-refractivity contribution in [2.24, 2.45) is 0 Å². The van der Waals surface area contributed by atoms with Gasteiger partial charge in [0.15, 0.2) is 0 Å². The zero-order valence-electron chi connectivity index (χ0n) is 17.5. The van der Waals surface area contributed by atoms with Gasteiger partial charge in [-0.1, -0.05) is 78.9 Å². The van der Waals surface area contributed by atoms with Crippen LogP contribution in [-0.4, -0.2) is 55.5 Å². The largest absolute Gasteiger partial charge is 0.369 e. The van der Waals surface area contributed by atoms with Gasteiger partial charge >= 0.3 is 0 Å². The van der Waals surface area contributed by atoms with Crippen LogP contribution in [0.4, 0.5) is 5.69 Å². The van der Waals surface area contributed by atoms with Crippen molar-refractivity contribution in [1.82, 2.24) is 9.80 Å². The smallest absolute Gasteiger partial charge is 0.237 e. The lowest BCUT2D eigenvalue weighted by Gasteiger charge is -2.37. The predicted octanol–water partition coefficient (Wildman–Crippen LogP) is 4.06. The number of amides is 1. The molecule has 1 aliphatic heterocycles. The minimum Gasteiger partial charge on any atom is -0.369 e. The molecule has 0 N–H and O–H groups in total. The Morgan fingerprint density at radius 1 is 0.767 bits per heavy atom. The van der Waals surface area contributed by atoms with E-state index in [-0.39, 0.29) is 11.9 Å². The second kappa shape index (κ2) is 9.59. The highest BCUT2D eigenvalue weighted by Crippen LogP contribution is 2.27. The number of likely N-dealkylation sites (N-methyl/N-ethyl adjacent to an activating group) is 1. The Hall–Kier alpha value is -3.11. The summed E-state index contributed by atoms with van der Waals surface area (Å²) < 4.78 is 0. The van der Waals surface area contributed by atoms with Crippen LogP contribution >= 0.6 is 0 Å². The molecule has 0 saturated carbocycles. The summed E-state index contributed by atoms with van der Waals surface area (Å²) in [5.41, 5.74) is 3.52. The Kier molecular flexibility index (Phi) is 6.45. The van der Waals surface area contributed by atoms with Gasteiger partial charge in [-0.3, -0.25) is 9.69 Å². The number of nitrogens with zero attached hydrogens (tertiary/aromatic N) is 3. The fraction of sp³-hybridized carbons (Fsp3) is 0.269. The van der Waals surface area contributed by atoms with Gasteiger partial charge in [-0.25, -0.2) is 0 Å². The van der Waals surface area contributed by atoms with Crippen LogP contribution < -0.4 is 4.90 Å². The van der Waals surface area contributed by atoms with Crippen LogP contribution in [0, 0.1) is 0 Å². The number of anilines is 1. The standard InChI is InChI=1S/C26H29N3O/c1-27(26(22-11-5-2-6-12-22)23-13-7-3-8-14-23)25(30)21-28-17-19-29(20-18-28)24-15-9-4-10-16-24/h2-16,26H,17-21H2,1H3. The first-order valence-corrected chi connectivity index (χ1v) is 10.6. The molecule has 1 aliphatic rings. The normalized spacial score (nSPS) is 14.7.